The van der Waals surface area contributed by atoms with E-state index in [1.165, 1.54) is 6.92 Å². The van der Waals surface area contributed by atoms with E-state index >= 15 is 0 Å². The Morgan fingerprint density at radius 2 is 1.77 bits per heavy atom. The molecule has 1 fully saturated rings. The maximum absolute atomic E-state index is 12.7. The first kappa shape index (κ1) is 21.5. The molecule has 30 heavy (non-hydrogen) atoms. The van der Waals surface area contributed by atoms with Gasteiger partial charge in [-0.25, -0.2) is 0 Å². The van der Waals surface area contributed by atoms with Crippen LogP contribution in [0.2, 0.25) is 0 Å². The molecule has 1 saturated heterocycles. The third-order valence-corrected chi connectivity index (χ3v) is 4.90. The number of carbonyl (C=O) groups excluding carboxylic acids is 3. The summed E-state index contributed by atoms with van der Waals surface area (Å²) in [4.78, 5) is 38.5. The van der Waals surface area contributed by atoms with Crippen molar-refractivity contribution in [2.24, 2.45) is 0 Å². The molecule has 1 heterocycles. The Morgan fingerprint density at radius 1 is 1.03 bits per heavy atom. The minimum Gasteiger partial charge on any atom is -0.378 e. The fourth-order valence-electron chi connectivity index (χ4n) is 3.16. The van der Waals surface area contributed by atoms with Crippen molar-refractivity contribution in [1.82, 2.24) is 4.90 Å². The standard InChI is InChI=1S/C22H26N4O4/c1-14-7-8-16(11-19(14)25-22(29)20-13-30-10-9-26(20)3)21(28)24-18-6-4-5-17(12-18)23-15(2)27/h4-8,11-12,20H,9-10,13H2,1-3H3,(H,23,27)(H,24,28)(H,25,29)/t20-/m1/s1. The number of anilines is 3. The number of nitrogens with one attached hydrogen (secondary N) is 3. The van der Waals surface area contributed by atoms with Gasteiger partial charge >= 0.3 is 0 Å². The highest BCUT2D eigenvalue weighted by atomic mass is 16.5. The molecule has 8 nitrogen and oxygen atoms in total. The van der Waals surface area contributed by atoms with Crippen molar-refractivity contribution in [2.75, 3.05) is 42.8 Å². The first-order chi connectivity index (χ1) is 14.3. The van der Waals surface area contributed by atoms with Crippen molar-refractivity contribution in [3.8, 4) is 0 Å². The van der Waals surface area contributed by atoms with Gasteiger partial charge in [0.2, 0.25) is 11.8 Å². The van der Waals surface area contributed by atoms with Gasteiger partial charge in [0.15, 0.2) is 0 Å². The van der Waals surface area contributed by atoms with E-state index in [-0.39, 0.29) is 23.8 Å². The Kier molecular flexibility index (Phi) is 6.81. The van der Waals surface area contributed by atoms with Crippen molar-refractivity contribution in [3.63, 3.8) is 0 Å². The lowest BCUT2D eigenvalue weighted by Gasteiger charge is -2.31. The summed E-state index contributed by atoms with van der Waals surface area (Å²) in [6, 6.07) is 11.7. The molecule has 3 N–H and O–H groups in total. The van der Waals surface area contributed by atoms with Crippen molar-refractivity contribution < 1.29 is 19.1 Å². The average Bonchev–Trinajstić information content (AvgIpc) is 2.69. The van der Waals surface area contributed by atoms with Crippen LogP contribution in [0.1, 0.15) is 22.8 Å². The molecule has 1 aliphatic heterocycles. The second-order valence-corrected chi connectivity index (χ2v) is 7.31. The van der Waals surface area contributed by atoms with Crippen molar-refractivity contribution in [1.29, 1.82) is 0 Å². The molecule has 0 unspecified atom stereocenters. The van der Waals surface area contributed by atoms with E-state index in [1.54, 1.807) is 42.5 Å². The molecule has 8 heteroatoms. The normalized spacial score (nSPS) is 16.6. The number of carbonyl (C=O) groups is 3. The Morgan fingerprint density at radius 3 is 2.47 bits per heavy atom. The van der Waals surface area contributed by atoms with Gasteiger partial charge in [-0.15, -0.1) is 0 Å². The molecule has 0 saturated carbocycles. The second kappa shape index (κ2) is 9.51. The van der Waals surface area contributed by atoms with Gasteiger partial charge in [-0.2, -0.15) is 0 Å². The molecule has 2 aromatic carbocycles. The number of amides is 3. The lowest BCUT2D eigenvalue weighted by Crippen LogP contribution is -2.49. The maximum atomic E-state index is 12.7. The maximum Gasteiger partial charge on any atom is 0.255 e. The number of aryl methyl sites for hydroxylation is 1. The third-order valence-electron chi connectivity index (χ3n) is 4.90. The molecule has 0 radical (unpaired) electrons. The number of hydrogen-bond donors (Lipinski definition) is 3. The lowest BCUT2D eigenvalue weighted by molar-refractivity contribution is -0.126. The summed E-state index contributed by atoms with van der Waals surface area (Å²) >= 11 is 0. The lowest BCUT2D eigenvalue weighted by atomic mass is 10.1. The summed E-state index contributed by atoms with van der Waals surface area (Å²) in [6.07, 6.45) is 0. The fourth-order valence-corrected chi connectivity index (χ4v) is 3.16. The van der Waals surface area contributed by atoms with E-state index in [9.17, 15) is 14.4 Å². The number of ether oxygens (including phenoxy) is 1. The smallest absolute Gasteiger partial charge is 0.255 e. The predicted octanol–water partition coefficient (Wildman–Crippen LogP) is 2.47. The average molecular weight is 410 g/mol. The van der Waals surface area contributed by atoms with Gasteiger partial charge in [0.1, 0.15) is 6.04 Å². The highest BCUT2D eigenvalue weighted by Crippen LogP contribution is 2.21. The molecule has 3 amide bonds. The Bertz CT molecular complexity index is 960. The molecule has 1 atom stereocenters. The molecule has 0 aromatic heterocycles. The van der Waals surface area contributed by atoms with Crippen LogP contribution >= 0.6 is 0 Å². The molecule has 0 spiro atoms. The van der Waals surface area contributed by atoms with Crippen LogP contribution in [0.4, 0.5) is 17.1 Å². The van der Waals surface area contributed by atoms with E-state index in [2.05, 4.69) is 16.0 Å². The van der Waals surface area contributed by atoms with Crippen molar-refractivity contribution >= 4 is 34.8 Å². The zero-order valence-electron chi connectivity index (χ0n) is 17.3. The van der Waals surface area contributed by atoms with E-state index in [4.69, 9.17) is 4.74 Å². The monoisotopic (exact) mass is 410 g/mol. The molecular weight excluding hydrogens is 384 g/mol. The number of benzene rings is 2. The van der Waals surface area contributed by atoms with Gasteiger partial charge in [0.25, 0.3) is 5.91 Å². The predicted molar refractivity (Wildman–Crippen MR) is 116 cm³/mol. The Labute approximate surface area is 175 Å². The first-order valence-electron chi connectivity index (χ1n) is 9.72. The van der Waals surface area contributed by atoms with Gasteiger partial charge in [-0.05, 0) is 49.9 Å². The topological polar surface area (TPSA) is 99.8 Å². The minimum atomic E-state index is -0.368. The van der Waals surface area contributed by atoms with Crippen LogP contribution in [-0.4, -0.2) is 55.5 Å². The van der Waals surface area contributed by atoms with E-state index < -0.39 is 0 Å². The highest BCUT2D eigenvalue weighted by molar-refractivity contribution is 6.06. The number of nitrogens with zero attached hydrogens (tertiary/aromatic N) is 1. The van der Waals surface area contributed by atoms with Gasteiger partial charge < -0.3 is 20.7 Å². The molecule has 0 aliphatic carbocycles. The van der Waals surface area contributed by atoms with Crippen LogP contribution in [-0.2, 0) is 14.3 Å². The molecule has 1 aliphatic rings. The Hall–Kier alpha value is -3.23. The summed E-state index contributed by atoms with van der Waals surface area (Å²) in [5, 5.41) is 8.40. The van der Waals surface area contributed by atoms with E-state index in [1.807, 2.05) is 18.9 Å². The van der Waals surface area contributed by atoms with E-state index in [0.29, 0.717) is 42.4 Å². The summed E-state index contributed by atoms with van der Waals surface area (Å²) in [7, 11) is 1.89. The summed E-state index contributed by atoms with van der Waals surface area (Å²) in [5.74, 6) is -0.670. The molecular formula is C22H26N4O4. The van der Waals surface area contributed by atoms with Gasteiger partial charge in [0, 0.05) is 36.1 Å². The summed E-state index contributed by atoms with van der Waals surface area (Å²) < 4.78 is 5.41. The van der Waals surface area contributed by atoms with Crippen LogP contribution in [0.3, 0.4) is 0 Å². The van der Waals surface area contributed by atoms with Gasteiger partial charge in [-0.3, -0.25) is 19.3 Å². The number of morpholine rings is 1. The largest absolute Gasteiger partial charge is 0.378 e. The highest BCUT2D eigenvalue weighted by Gasteiger charge is 2.27. The second-order valence-electron chi connectivity index (χ2n) is 7.31. The van der Waals surface area contributed by atoms with Gasteiger partial charge in [0.05, 0.1) is 13.2 Å². The number of hydrogen-bond acceptors (Lipinski definition) is 5. The minimum absolute atomic E-state index is 0.166. The molecule has 0 bridgehead atoms. The molecule has 158 valence electrons. The SMILES string of the molecule is CC(=O)Nc1cccc(NC(=O)c2ccc(C)c(NC(=O)[C@H]3COCCN3C)c2)c1. The molecule has 3 rings (SSSR count). The number of likely N-dealkylation sites (N-methyl/N-ethyl adjacent to an activating group) is 1. The summed E-state index contributed by atoms with van der Waals surface area (Å²) in [6.45, 7) is 4.93. The fraction of sp³-hybridized carbons (Fsp3) is 0.318. The number of rotatable bonds is 5. The van der Waals surface area contributed by atoms with Gasteiger partial charge in [-0.1, -0.05) is 12.1 Å². The summed E-state index contributed by atoms with van der Waals surface area (Å²) in [5.41, 5.74) is 2.99. The van der Waals surface area contributed by atoms with Crippen molar-refractivity contribution in [3.05, 3.63) is 53.6 Å². The Balaban J connectivity index is 1.72. The van der Waals surface area contributed by atoms with Crippen LogP contribution in [0.15, 0.2) is 42.5 Å². The van der Waals surface area contributed by atoms with Crippen molar-refractivity contribution in [2.45, 2.75) is 19.9 Å². The third kappa shape index (κ3) is 5.43. The zero-order valence-corrected chi connectivity index (χ0v) is 17.3. The van der Waals surface area contributed by atoms with Crippen LogP contribution < -0.4 is 16.0 Å². The van der Waals surface area contributed by atoms with Crippen LogP contribution in [0, 0.1) is 6.92 Å². The quantitative estimate of drug-likeness (QED) is 0.703. The first-order valence-corrected chi connectivity index (χ1v) is 9.72. The van der Waals surface area contributed by atoms with Crippen LogP contribution in [0.5, 0.6) is 0 Å². The molecule has 2 aromatic rings. The van der Waals surface area contributed by atoms with E-state index in [0.717, 1.165) is 5.56 Å². The zero-order chi connectivity index (χ0) is 21.7. The van der Waals surface area contributed by atoms with Crippen LogP contribution in [0.25, 0.3) is 0 Å².